The number of ether oxygens (including phenoxy) is 1. The molecule has 1 amide bonds. The van der Waals surface area contributed by atoms with Crippen LogP contribution in [0.5, 0.6) is 0 Å². The summed E-state index contributed by atoms with van der Waals surface area (Å²) in [5.41, 5.74) is -0.578. The molecule has 0 aliphatic carbocycles. The molecule has 2 atom stereocenters. The van der Waals surface area contributed by atoms with Crippen molar-refractivity contribution in [3.05, 3.63) is 0 Å². The van der Waals surface area contributed by atoms with E-state index in [1.165, 1.54) is 12.8 Å². The molecule has 0 bridgehead atoms. The van der Waals surface area contributed by atoms with Crippen molar-refractivity contribution in [3.63, 3.8) is 0 Å². The van der Waals surface area contributed by atoms with E-state index in [0.717, 1.165) is 32.4 Å². The van der Waals surface area contributed by atoms with Gasteiger partial charge in [-0.3, -0.25) is 0 Å². The van der Waals surface area contributed by atoms with Crippen LogP contribution in [0.2, 0.25) is 0 Å². The third kappa shape index (κ3) is 7.84. The van der Waals surface area contributed by atoms with Crippen molar-refractivity contribution in [2.24, 2.45) is 5.41 Å². The normalized spacial score (nSPS) is 21.3. The molecule has 1 rings (SSSR count). The van der Waals surface area contributed by atoms with E-state index in [4.69, 9.17) is 4.74 Å². The summed E-state index contributed by atoms with van der Waals surface area (Å²) in [6, 6.07) is 0.519. The molecule has 0 aromatic carbocycles. The lowest BCUT2D eigenvalue weighted by Gasteiger charge is -2.34. The highest BCUT2D eigenvalue weighted by Gasteiger charge is 2.30. The first-order valence-electron chi connectivity index (χ1n) is 9.38. The fourth-order valence-electron chi connectivity index (χ4n) is 2.98. The Balaban J connectivity index is 2.64. The summed E-state index contributed by atoms with van der Waals surface area (Å²) >= 11 is 0. The van der Waals surface area contributed by atoms with Gasteiger partial charge < -0.3 is 20.1 Å². The first-order valence-corrected chi connectivity index (χ1v) is 9.38. The largest absolute Gasteiger partial charge is 0.444 e. The van der Waals surface area contributed by atoms with Gasteiger partial charge in [-0.05, 0) is 47.0 Å². The van der Waals surface area contributed by atoms with Crippen molar-refractivity contribution < 1.29 is 14.6 Å². The fraction of sp³-hybridized carbons (Fsp3) is 0.947. The fourth-order valence-corrected chi connectivity index (χ4v) is 2.98. The molecule has 5 nitrogen and oxygen atoms in total. The second kappa shape index (κ2) is 9.04. The Kier molecular flexibility index (Phi) is 8.00. The van der Waals surface area contributed by atoms with Crippen LogP contribution in [0.3, 0.4) is 0 Å². The maximum Gasteiger partial charge on any atom is 0.410 e. The Morgan fingerprint density at radius 2 is 1.92 bits per heavy atom. The molecule has 142 valence electrons. The summed E-state index contributed by atoms with van der Waals surface area (Å²) < 4.78 is 5.61. The molecule has 0 aromatic heterocycles. The first-order chi connectivity index (χ1) is 11.0. The van der Waals surface area contributed by atoms with Crippen molar-refractivity contribution in [1.29, 1.82) is 0 Å². The number of nitrogens with zero attached hydrogens (tertiary/aromatic N) is 1. The van der Waals surface area contributed by atoms with Gasteiger partial charge in [0.15, 0.2) is 0 Å². The lowest BCUT2D eigenvalue weighted by molar-refractivity contribution is 0.0149. The molecule has 2 N–H and O–H groups in total. The SMILES string of the molecule is CC(CC1CCCCCN1C(=O)OC(C)(C)C)NCC(C)(C)CO. The third-order valence-electron chi connectivity index (χ3n) is 4.49. The highest BCUT2D eigenvalue weighted by molar-refractivity contribution is 5.68. The molecule has 2 unspecified atom stereocenters. The van der Waals surface area contributed by atoms with Crippen molar-refractivity contribution >= 4 is 6.09 Å². The van der Waals surface area contributed by atoms with E-state index in [1.807, 2.05) is 39.5 Å². The average Bonchev–Trinajstić information content (AvgIpc) is 2.69. The summed E-state index contributed by atoms with van der Waals surface area (Å²) in [7, 11) is 0. The van der Waals surface area contributed by atoms with Crippen LogP contribution in [-0.4, -0.2) is 53.5 Å². The number of hydrogen-bond acceptors (Lipinski definition) is 4. The topological polar surface area (TPSA) is 61.8 Å². The van der Waals surface area contributed by atoms with E-state index in [0.29, 0.717) is 6.04 Å². The predicted molar refractivity (Wildman–Crippen MR) is 98.1 cm³/mol. The standard InChI is InChI=1S/C19H38N2O3/c1-15(20-13-19(5,6)14-22)12-16-10-8-7-9-11-21(16)17(23)24-18(2,3)4/h15-16,20,22H,7-14H2,1-6H3. The third-order valence-corrected chi connectivity index (χ3v) is 4.49. The van der Waals surface area contributed by atoms with E-state index >= 15 is 0 Å². The van der Waals surface area contributed by atoms with Crippen LogP contribution in [-0.2, 0) is 4.74 Å². The summed E-state index contributed by atoms with van der Waals surface area (Å²) in [5.74, 6) is 0. The zero-order valence-electron chi connectivity index (χ0n) is 16.5. The lowest BCUT2D eigenvalue weighted by atomic mass is 9.94. The van der Waals surface area contributed by atoms with Crippen molar-refractivity contribution in [2.45, 2.75) is 91.3 Å². The van der Waals surface area contributed by atoms with Gasteiger partial charge >= 0.3 is 6.09 Å². The smallest absolute Gasteiger partial charge is 0.410 e. The van der Waals surface area contributed by atoms with E-state index in [-0.39, 0.29) is 24.2 Å². The van der Waals surface area contributed by atoms with E-state index in [9.17, 15) is 9.90 Å². The Labute approximate surface area is 148 Å². The number of likely N-dealkylation sites (tertiary alicyclic amines) is 1. The molecule has 5 heteroatoms. The van der Waals surface area contributed by atoms with Crippen LogP contribution in [0.25, 0.3) is 0 Å². The molecule has 24 heavy (non-hydrogen) atoms. The van der Waals surface area contributed by atoms with Crippen molar-refractivity contribution in [2.75, 3.05) is 19.7 Å². The van der Waals surface area contributed by atoms with Crippen LogP contribution >= 0.6 is 0 Å². The minimum atomic E-state index is -0.455. The minimum absolute atomic E-state index is 0.122. The second-order valence-corrected chi connectivity index (χ2v) is 9.02. The number of hydrogen-bond donors (Lipinski definition) is 2. The molecule has 1 aliphatic rings. The number of nitrogens with one attached hydrogen (secondary N) is 1. The van der Waals surface area contributed by atoms with Gasteiger partial charge in [-0.2, -0.15) is 0 Å². The quantitative estimate of drug-likeness (QED) is 0.775. The second-order valence-electron chi connectivity index (χ2n) is 9.02. The summed E-state index contributed by atoms with van der Waals surface area (Å²) in [6.07, 6.45) is 5.16. The molecular formula is C19H38N2O3. The number of amides is 1. The minimum Gasteiger partial charge on any atom is -0.444 e. The van der Waals surface area contributed by atoms with Crippen LogP contribution in [0.1, 0.15) is 73.6 Å². The predicted octanol–water partition coefficient (Wildman–Crippen LogP) is 3.55. The summed E-state index contributed by atoms with van der Waals surface area (Å²) in [6.45, 7) is 13.7. The van der Waals surface area contributed by atoms with Gasteiger partial charge in [-0.25, -0.2) is 4.79 Å². The molecule has 1 heterocycles. The van der Waals surface area contributed by atoms with Gasteiger partial charge in [0, 0.05) is 37.2 Å². The molecule has 1 saturated heterocycles. The summed E-state index contributed by atoms with van der Waals surface area (Å²) in [5, 5.41) is 12.9. The van der Waals surface area contributed by atoms with Crippen LogP contribution in [0, 0.1) is 5.41 Å². The molecule has 0 radical (unpaired) electrons. The number of carbonyl (C=O) groups excluding carboxylic acids is 1. The van der Waals surface area contributed by atoms with Crippen LogP contribution < -0.4 is 5.32 Å². The molecule has 1 fully saturated rings. The van der Waals surface area contributed by atoms with Crippen LogP contribution in [0.4, 0.5) is 4.79 Å². The van der Waals surface area contributed by atoms with Gasteiger partial charge in [0.25, 0.3) is 0 Å². The van der Waals surface area contributed by atoms with E-state index in [2.05, 4.69) is 12.2 Å². The Morgan fingerprint density at radius 3 is 2.50 bits per heavy atom. The monoisotopic (exact) mass is 342 g/mol. The zero-order valence-corrected chi connectivity index (χ0v) is 16.5. The van der Waals surface area contributed by atoms with Crippen LogP contribution in [0.15, 0.2) is 0 Å². The number of aliphatic hydroxyl groups is 1. The Bertz CT molecular complexity index is 391. The number of aliphatic hydroxyl groups excluding tert-OH is 1. The van der Waals surface area contributed by atoms with Crippen molar-refractivity contribution in [3.8, 4) is 0 Å². The maximum atomic E-state index is 12.6. The summed E-state index contributed by atoms with van der Waals surface area (Å²) in [4.78, 5) is 14.5. The number of carbonyl (C=O) groups is 1. The highest BCUT2D eigenvalue weighted by Crippen LogP contribution is 2.23. The Hall–Kier alpha value is -0.810. The molecule has 0 spiro atoms. The maximum absolute atomic E-state index is 12.6. The molecular weight excluding hydrogens is 304 g/mol. The first kappa shape index (κ1) is 21.2. The van der Waals surface area contributed by atoms with Crippen molar-refractivity contribution in [1.82, 2.24) is 10.2 Å². The number of rotatable bonds is 6. The highest BCUT2D eigenvalue weighted by atomic mass is 16.6. The van der Waals surface area contributed by atoms with Gasteiger partial charge in [0.05, 0.1) is 0 Å². The lowest BCUT2D eigenvalue weighted by Crippen LogP contribution is -2.46. The molecule has 0 aromatic rings. The zero-order chi connectivity index (χ0) is 18.4. The van der Waals surface area contributed by atoms with Gasteiger partial charge in [0.2, 0.25) is 0 Å². The van der Waals surface area contributed by atoms with E-state index in [1.54, 1.807) is 0 Å². The van der Waals surface area contributed by atoms with Gasteiger partial charge in [-0.15, -0.1) is 0 Å². The van der Waals surface area contributed by atoms with E-state index < -0.39 is 5.60 Å². The van der Waals surface area contributed by atoms with Gasteiger partial charge in [-0.1, -0.05) is 26.7 Å². The molecule has 1 aliphatic heterocycles. The Morgan fingerprint density at radius 1 is 1.25 bits per heavy atom. The van der Waals surface area contributed by atoms with Gasteiger partial charge in [0.1, 0.15) is 5.60 Å². The average molecular weight is 343 g/mol. The molecule has 0 saturated carbocycles.